The molecule has 1 aromatic rings. The lowest BCUT2D eigenvalue weighted by atomic mass is 10.1. The third-order valence-corrected chi connectivity index (χ3v) is 6.51. The predicted octanol–water partition coefficient (Wildman–Crippen LogP) is 3.09. The van der Waals surface area contributed by atoms with Crippen LogP contribution in [-0.2, 0) is 22.6 Å². The third kappa shape index (κ3) is 6.63. The third-order valence-electron chi connectivity index (χ3n) is 4.79. The fraction of sp³-hybridized carbons (Fsp3) is 0.684. The fourth-order valence-corrected chi connectivity index (χ4v) is 4.70. The highest BCUT2D eigenvalue weighted by atomic mass is 32.2. The highest BCUT2D eigenvalue weighted by Crippen LogP contribution is 2.34. The Kier molecular flexibility index (Phi) is 8.15. The van der Waals surface area contributed by atoms with Crippen molar-refractivity contribution in [2.75, 3.05) is 37.7 Å². The Bertz CT molecular complexity index is 718. The summed E-state index contributed by atoms with van der Waals surface area (Å²) in [4.78, 5) is 2.16. The van der Waals surface area contributed by atoms with Crippen molar-refractivity contribution in [1.29, 1.82) is 0 Å². The summed E-state index contributed by atoms with van der Waals surface area (Å²) in [5.74, 6) is 0.246. The normalized spacial score (nSPS) is 20.9. The summed E-state index contributed by atoms with van der Waals surface area (Å²) in [7, 11) is -3.05. The molecular weight excluding hydrogens is 393 g/mol. The van der Waals surface area contributed by atoms with E-state index in [1.54, 1.807) is 0 Å². The van der Waals surface area contributed by atoms with Crippen LogP contribution in [0.15, 0.2) is 18.2 Å². The molecular formula is C19H29F3N2O3S. The molecule has 3 rings (SSSR count). The number of rotatable bonds is 4. The van der Waals surface area contributed by atoms with Crippen LogP contribution in [0.1, 0.15) is 37.8 Å². The lowest BCUT2D eigenvalue weighted by Crippen LogP contribution is -2.43. The van der Waals surface area contributed by atoms with Crippen LogP contribution in [-0.4, -0.2) is 57.1 Å². The SMILES string of the molecule is CC.O=S1(=O)CCC(Oc2cc(C(F)(F)F)ccc2CN2CCNCC2)CC1. The first-order valence-corrected chi connectivity index (χ1v) is 11.6. The van der Waals surface area contributed by atoms with Gasteiger partial charge in [-0.05, 0) is 25.0 Å². The zero-order chi connectivity index (χ0) is 20.8. The number of nitrogens with one attached hydrogen (secondary N) is 1. The number of halogens is 3. The van der Waals surface area contributed by atoms with E-state index < -0.39 is 21.6 Å². The molecule has 0 spiro atoms. The van der Waals surface area contributed by atoms with Crippen molar-refractivity contribution in [3.05, 3.63) is 29.3 Å². The van der Waals surface area contributed by atoms with Gasteiger partial charge < -0.3 is 10.1 Å². The van der Waals surface area contributed by atoms with Crippen LogP contribution in [0.25, 0.3) is 0 Å². The number of ether oxygens (including phenoxy) is 1. The van der Waals surface area contributed by atoms with E-state index in [9.17, 15) is 21.6 Å². The van der Waals surface area contributed by atoms with Crippen molar-refractivity contribution in [2.24, 2.45) is 0 Å². The van der Waals surface area contributed by atoms with Crippen LogP contribution >= 0.6 is 0 Å². The second kappa shape index (κ2) is 9.93. The predicted molar refractivity (Wildman–Crippen MR) is 103 cm³/mol. The zero-order valence-electron chi connectivity index (χ0n) is 16.4. The van der Waals surface area contributed by atoms with Crippen LogP contribution in [0, 0.1) is 0 Å². The van der Waals surface area contributed by atoms with E-state index in [2.05, 4.69) is 10.2 Å². The molecule has 28 heavy (non-hydrogen) atoms. The number of alkyl halides is 3. The van der Waals surface area contributed by atoms with Crippen molar-refractivity contribution in [2.45, 2.75) is 45.5 Å². The van der Waals surface area contributed by atoms with Gasteiger partial charge in [-0.3, -0.25) is 4.90 Å². The van der Waals surface area contributed by atoms with Crippen molar-refractivity contribution in [3.8, 4) is 5.75 Å². The number of sulfone groups is 1. The Labute approximate surface area is 165 Å². The molecule has 2 aliphatic heterocycles. The van der Waals surface area contributed by atoms with Gasteiger partial charge in [-0.1, -0.05) is 19.9 Å². The average molecular weight is 423 g/mol. The molecule has 5 nitrogen and oxygen atoms in total. The van der Waals surface area contributed by atoms with Crippen molar-refractivity contribution >= 4 is 9.84 Å². The van der Waals surface area contributed by atoms with Crippen LogP contribution in [0.2, 0.25) is 0 Å². The first-order chi connectivity index (χ1) is 13.2. The van der Waals surface area contributed by atoms with E-state index >= 15 is 0 Å². The highest BCUT2D eigenvalue weighted by molar-refractivity contribution is 7.91. The standard InChI is InChI=1S/C17H23F3N2O3S.C2H6/c18-17(19,20)14-2-1-13(12-22-7-5-21-6-8-22)16(11-14)25-15-3-9-26(23,24)10-4-15;1-2/h1-2,11,15,21H,3-10,12H2;1-2H3. The molecule has 0 unspecified atom stereocenters. The van der Waals surface area contributed by atoms with Crippen LogP contribution in [0.5, 0.6) is 5.75 Å². The van der Waals surface area contributed by atoms with E-state index in [0.717, 1.165) is 38.3 Å². The van der Waals surface area contributed by atoms with Crippen molar-refractivity contribution in [1.82, 2.24) is 10.2 Å². The van der Waals surface area contributed by atoms with Gasteiger partial charge in [0.25, 0.3) is 0 Å². The molecule has 1 aromatic carbocycles. The topological polar surface area (TPSA) is 58.6 Å². The molecule has 2 aliphatic rings. The smallest absolute Gasteiger partial charge is 0.416 e. The first-order valence-electron chi connectivity index (χ1n) is 9.73. The quantitative estimate of drug-likeness (QED) is 0.808. The van der Waals surface area contributed by atoms with Gasteiger partial charge in [-0.25, -0.2) is 8.42 Å². The average Bonchev–Trinajstić information content (AvgIpc) is 2.66. The zero-order valence-corrected chi connectivity index (χ0v) is 17.2. The Morgan fingerprint density at radius 2 is 1.75 bits per heavy atom. The van der Waals surface area contributed by atoms with Gasteiger partial charge in [-0.15, -0.1) is 0 Å². The molecule has 2 heterocycles. The number of hydrogen-bond donors (Lipinski definition) is 1. The first kappa shape index (κ1) is 23.0. The highest BCUT2D eigenvalue weighted by Gasteiger charge is 2.32. The van der Waals surface area contributed by atoms with E-state index in [4.69, 9.17) is 4.74 Å². The lowest BCUT2D eigenvalue weighted by molar-refractivity contribution is -0.137. The largest absolute Gasteiger partial charge is 0.490 e. The van der Waals surface area contributed by atoms with E-state index in [1.165, 1.54) is 6.07 Å². The summed E-state index contributed by atoms with van der Waals surface area (Å²) < 4.78 is 68.2. The van der Waals surface area contributed by atoms with Gasteiger partial charge in [0.2, 0.25) is 0 Å². The number of hydrogen-bond acceptors (Lipinski definition) is 5. The van der Waals surface area contributed by atoms with Crippen LogP contribution < -0.4 is 10.1 Å². The summed E-state index contributed by atoms with van der Waals surface area (Å²) in [6, 6.07) is 3.59. The molecule has 9 heteroatoms. The Hall–Kier alpha value is -1.32. The minimum Gasteiger partial charge on any atom is -0.490 e. The summed E-state index contributed by atoms with van der Waals surface area (Å²) in [5, 5.41) is 3.24. The minimum atomic E-state index is -4.44. The molecule has 0 aromatic heterocycles. The van der Waals surface area contributed by atoms with Gasteiger partial charge in [-0.2, -0.15) is 13.2 Å². The Morgan fingerprint density at radius 1 is 1.14 bits per heavy atom. The maximum absolute atomic E-state index is 13.1. The number of benzene rings is 1. The summed E-state index contributed by atoms with van der Waals surface area (Å²) in [6.07, 6.45) is -4.19. The monoisotopic (exact) mass is 422 g/mol. The fourth-order valence-electron chi connectivity index (χ4n) is 3.25. The molecule has 0 aliphatic carbocycles. The van der Waals surface area contributed by atoms with Gasteiger partial charge in [0.15, 0.2) is 9.84 Å². The molecule has 0 radical (unpaired) electrons. The molecule has 160 valence electrons. The van der Waals surface area contributed by atoms with Crippen LogP contribution in [0.3, 0.4) is 0 Å². The van der Waals surface area contributed by atoms with Crippen molar-refractivity contribution < 1.29 is 26.3 Å². The summed E-state index contributed by atoms with van der Waals surface area (Å²) >= 11 is 0. The number of nitrogens with zero attached hydrogens (tertiary/aromatic N) is 1. The van der Waals surface area contributed by atoms with Crippen molar-refractivity contribution in [3.63, 3.8) is 0 Å². The maximum atomic E-state index is 13.1. The molecule has 0 bridgehead atoms. The van der Waals surface area contributed by atoms with Gasteiger partial charge >= 0.3 is 6.18 Å². The van der Waals surface area contributed by atoms with E-state index in [0.29, 0.717) is 24.9 Å². The molecule has 0 atom stereocenters. The Morgan fingerprint density at radius 3 is 2.32 bits per heavy atom. The molecule has 0 amide bonds. The van der Waals surface area contributed by atoms with Crippen LogP contribution in [0.4, 0.5) is 13.2 Å². The molecule has 1 N–H and O–H groups in total. The van der Waals surface area contributed by atoms with Gasteiger partial charge in [0.1, 0.15) is 11.9 Å². The van der Waals surface area contributed by atoms with Gasteiger partial charge in [0, 0.05) is 38.3 Å². The summed E-state index contributed by atoms with van der Waals surface area (Å²) in [6.45, 7) is 7.85. The number of piperazine rings is 1. The van der Waals surface area contributed by atoms with E-state index in [-0.39, 0.29) is 23.4 Å². The van der Waals surface area contributed by atoms with E-state index in [1.807, 2.05) is 13.8 Å². The summed E-state index contributed by atoms with van der Waals surface area (Å²) in [5.41, 5.74) is -0.0478. The maximum Gasteiger partial charge on any atom is 0.416 e. The second-order valence-electron chi connectivity index (χ2n) is 6.82. The lowest BCUT2D eigenvalue weighted by Gasteiger charge is -2.29. The minimum absolute atomic E-state index is 0.0176. The van der Waals surface area contributed by atoms with Gasteiger partial charge in [0.05, 0.1) is 17.1 Å². The Balaban J connectivity index is 0.00000136. The molecule has 0 saturated carbocycles. The molecule has 2 fully saturated rings. The molecule has 2 saturated heterocycles. The second-order valence-corrected chi connectivity index (χ2v) is 9.12.